The summed E-state index contributed by atoms with van der Waals surface area (Å²) in [6, 6.07) is 20.5. The number of nitrogens with zero attached hydrogens (tertiary/aromatic N) is 3. The Labute approximate surface area is 208 Å². The van der Waals surface area contributed by atoms with Crippen LogP contribution in [0.25, 0.3) is 0 Å². The Morgan fingerprint density at radius 1 is 1.11 bits per heavy atom. The van der Waals surface area contributed by atoms with Gasteiger partial charge in [-0.2, -0.15) is 0 Å². The minimum Gasteiger partial charge on any atom is -0.489 e. The van der Waals surface area contributed by atoms with Crippen molar-refractivity contribution in [1.29, 1.82) is 0 Å². The fraction of sp³-hybridized carbons (Fsp3) is 0.379. The van der Waals surface area contributed by atoms with E-state index in [2.05, 4.69) is 46.0 Å². The molecule has 4 rings (SSSR count). The second-order valence-electron chi connectivity index (χ2n) is 9.48. The van der Waals surface area contributed by atoms with Crippen LogP contribution in [0.4, 0.5) is 5.82 Å². The van der Waals surface area contributed by atoms with Crippen molar-refractivity contribution in [3.05, 3.63) is 89.1 Å². The van der Waals surface area contributed by atoms with Gasteiger partial charge in [-0.15, -0.1) is 0 Å². The minimum atomic E-state index is -0.325. The van der Waals surface area contributed by atoms with Crippen LogP contribution in [0.3, 0.4) is 0 Å². The zero-order valence-electron chi connectivity index (χ0n) is 21.1. The lowest BCUT2D eigenvalue weighted by Crippen LogP contribution is -2.36. The van der Waals surface area contributed by atoms with Crippen LogP contribution in [0, 0.1) is 6.92 Å². The van der Waals surface area contributed by atoms with Gasteiger partial charge in [0, 0.05) is 38.9 Å². The molecule has 0 spiro atoms. The molecule has 1 unspecified atom stereocenters. The molecule has 1 aliphatic heterocycles. The van der Waals surface area contributed by atoms with Crippen molar-refractivity contribution in [3.63, 3.8) is 0 Å². The molecular formula is C29H35N3O3. The molecule has 1 atom stereocenters. The predicted octanol–water partition coefficient (Wildman–Crippen LogP) is 5.24. The molecule has 0 N–H and O–H groups in total. The number of hydrogen-bond donors (Lipinski definition) is 0. The molecule has 0 bridgehead atoms. The number of carbonyl (C=O) groups excluding carboxylic acids is 1. The highest BCUT2D eigenvalue weighted by Crippen LogP contribution is 2.25. The van der Waals surface area contributed by atoms with Crippen molar-refractivity contribution in [3.8, 4) is 5.75 Å². The molecule has 0 radical (unpaired) electrons. The summed E-state index contributed by atoms with van der Waals surface area (Å²) in [6.45, 7) is 9.19. The Hall–Kier alpha value is -3.38. The van der Waals surface area contributed by atoms with Crippen LogP contribution < -0.4 is 9.64 Å². The molecule has 6 heteroatoms. The minimum absolute atomic E-state index is 0.165. The predicted molar refractivity (Wildman–Crippen MR) is 139 cm³/mol. The van der Waals surface area contributed by atoms with Gasteiger partial charge in [0.1, 0.15) is 23.7 Å². The van der Waals surface area contributed by atoms with Gasteiger partial charge in [-0.05, 0) is 68.1 Å². The van der Waals surface area contributed by atoms with Crippen LogP contribution in [-0.2, 0) is 17.9 Å². The van der Waals surface area contributed by atoms with Gasteiger partial charge < -0.3 is 14.4 Å². The molecule has 1 aliphatic rings. The van der Waals surface area contributed by atoms with Gasteiger partial charge in [-0.25, -0.2) is 9.78 Å². The number of hydrogen-bond acceptors (Lipinski definition) is 6. The van der Waals surface area contributed by atoms with Crippen molar-refractivity contribution in [1.82, 2.24) is 9.88 Å². The lowest BCUT2D eigenvalue weighted by molar-refractivity contribution is 0.0378. The Morgan fingerprint density at radius 2 is 1.89 bits per heavy atom. The van der Waals surface area contributed by atoms with E-state index in [-0.39, 0.29) is 18.1 Å². The molecule has 184 valence electrons. The van der Waals surface area contributed by atoms with Gasteiger partial charge in [-0.1, -0.05) is 36.4 Å². The van der Waals surface area contributed by atoms with Gasteiger partial charge in [0.2, 0.25) is 0 Å². The first-order chi connectivity index (χ1) is 16.9. The lowest BCUT2D eigenvalue weighted by Gasteiger charge is -2.27. The van der Waals surface area contributed by atoms with Crippen molar-refractivity contribution in [2.24, 2.45) is 0 Å². The third-order valence-corrected chi connectivity index (χ3v) is 6.46. The molecule has 3 aromatic rings. The average Bonchev–Trinajstić information content (AvgIpc) is 3.32. The summed E-state index contributed by atoms with van der Waals surface area (Å²) in [4.78, 5) is 21.6. The van der Waals surface area contributed by atoms with Crippen molar-refractivity contribution >= 4 is 11.8 Å². The number of anilines is 1. The van der Waals surface area contributed by atoms with Crippen molar-refractivity contribution < 1.29 is 14.3 Å². The first-order valence-corrected chi connectivity index (χ1v) is 12.3. The second-order valence-corrected chi connectivity index (χ2v) is 9.48. The molecule has 6 nitrogen and oxygen atoms in total. The maximum atomic E-state index is 12.6. The molecule has 0 saturated carbocycles. The molecule has 1 aromatic heterocycles. The fourth-order valence-corrected chi connectivity index (χ4v) is 4.44. The van der Waals surface area contributed by atoms with E-state index in [1.54, 1.807) is 18.3 Å². The quantitative estimate of drug-likeness (QED) is 0.396. The molecule has 1 fully saturated rings. The zero-order chi connectivity index (χ0) is 24.8. The number of likely N-dealkylation sites (N-methyl/N-ethyl adjacent to an activating group) is 1. The van der Waals surface area contributed by atoms with Crippen LogP contribution in [0.15, 0.2) is 66.9 Å². The first kappa shape index (κ1) is 24.7. The van der Waals surface area contributed by atoms with Crippen molar-refractivity contribution in [2.75, 3.05) is 25.0 Å². The van der Waals surface area contributed by atoms with Gasteiger partial charge in [0.15, 0.2) is 0 Å². The highest BCUT2D eigenvalue weighted by Gasteiger charge is 2.29. The average molecular weight is 474 g/mol. The van der Waals surface area contributed by atoms with Gasteiger partial charge in [-0.3, -0.25) is 4.90 Å². The Bertz CT molecular complexity index is 1130. The van der Waals surface area contributed by atoms with Gasteiger partial charge in [0.25, 0.3) is 0 Å². The third kappa shape index (κ3) is 6.40. The number of benzene rings is 2. The van der Waals surface area contributed by atoms with Crippen molar-refractivity contribution in [2.45, 2.75) is 52.5 Å². The topological polar surface area (TPSA) is 54.9 Å². The van der Waals surface area contributed by atoms with E-state index >= 15 is 0 Å². The summed E-state index contributed by atoms with van der Waals surface area (Å²) in [5.41, 5.74) is 4.23. The summed E-state index contributed by atoms with van der Waals surface area (Å²) in [6.07, 6.45) is 2.58. The standard InChI is InChI=1S/C29H35N3O3/c1-21(2)35-29(33)27-10-7-16-30-28(27)31(4)25-15-17-32(19-25)18-23-11-13-26(14-12-23)34-20-24-9-6-5-8-22(24)3/h5-14,16,21,25H,15,17-20H2,1-4H3. The van der Waals surface area contributed by atoms with E-state index in [4.69, 9.17) is 9.47 Å². The van der Waals surface area contributed by atoms with Gasteiger partial charge >= 0.3 is 5.97 Å². The van der Waals surface area contributed by atoms with Gasteiger partial charge in [0.05, 0.1) is 6.10 Å². The number of likely N-dealkylation sites (tertiary alicyclic amines) is 1. The maximum Gasteiger partial charge on any atom is 0.342 e. The molecular weight excluding hydrogens is 438 g/mol. The molecule has 0 amide bonds. The largest absolute Gasteiger partial charge is 0.489 e. The highest BCUT2D eigenvalue weighted by atomic mass is 16.5. The molecule has 2 heterocycles. The third-order valence-electron chi connectivity index (χ3n) is 6.46. The highest BCUT2D eigenvalue weighted by molar-refractivity contribution is 5.94. The van der Waals surface area contributed by atoms with Crippen LogP contribution in [-0.4, -0.2) is 48.1 Å². The molecule has 0 aliphatic carbocycles. The normalized spacial score (nSPS) is 15.9. The van der Waals surface area contributed by atoms with Crippen LogP contribution in [0.1, 0.15) is 47.3 Å². The summed E-state index contributed by atoms with van der Waals surface area (Å²) in [5, 5.41) is 0. The Kier molecular flexibility index (Phi) is 8.03. The summed E-state index contributed by atoms with van der Waals surface area (Å²) in [7, 11) is 2.02. The molecule has 35 heavy (non-hydrogen) atoms. The zero-order valence-corrected chi connectivity index (χ0v) is 21.1. The van der Waals surface area contributed by atoms with E-state index in [1.807, 2.05) is 45.2 Å². The first-order valence-electron chi connectivity index (χ1n) is 12.3. The second kappa shape index (κ2) is 11.4. The Balaban J connectivity index is 1.32. The van der Waals surface area contributed by atoms with E-state index in [0.29, 0.717) is 18.0 Å². The monoisotopic (exact) mass is 473 g/mol. The van der Waals surface area contributed by atoms with E-state index < -0.39 is 0 Å². The van der Waals surface area contributed by atoms with E-state index in [9.17, 15) is 4.79 Å². The number of aryl methyl sites for hydroxylation is 1. The summed E-state index contributed by atoms with van der Waals surface area (Å²) in [5.74, 6) is 1.24. The smallest absolute Gasteiger partial charge is 0.342 e. The lowest BCUT2D eigenvalue weighted by atomic mass is 10.1. The van der Waals surface area contributed by atoms with Crippen LogP contribution in [0.5, 0.6) is 5.75 Å². The number of ether oxygens (including phenoxy) is 2. The number of pyridine rings is 1. The number of aromatic nitrogens is 1. The number of rotatable bonds is 9. The summed E-state index contributed by atoms with van der Waals surface area (Å²) < 4.78 is 11.4. The number of carbonyl (C=O) groups is 1. The summed E-state index contributed by atoms with van der Waals surface area (Å²) >= 11 is 0. The fourth-order valence-electron chi connectivity index (χ4n) is 4.44. The number of esters is 1. The SMILES string of the molecule is Cc1ccccc1COc1ccc(CN2CCC(N(C)c3ncccc3C(=O)OC(C)C)C2)cc1. The molecule has 2 aromatic carbocycles. The van der Waals surface area contributed by atoms with E-state index in [0.717, 1.165) is 31.8 Å². The maximum absolute atomic E-state index is 12.6. The van der Waals surface area contributed by atoms with Crippen LogP contribution >= 0.6 is 0 Å². The molecule has 1 saturated heterocycles. The van der Waals surface area contributed by atoms with E-state index in [1.165, 1.54) is 16.7 Å². The Morgan fingerprint density at radius 3 is 2.63 bits per heavy atom. The van der Waals surface area contributed by atoms with Crippen LogP contribution in [0.2, 0.25) is 0 Å².